The summed E-state index contributed by atoms with van der Waals surface area (Å²) in [6.07, 6.45) is -0.950. The van der Waals surface area contributed by atoms with Crippen LogP contribution in [0.1, 0.15) is 12.5 Å². The van der Waals surface area contributed by atoms with Crippen LogP contribution >= 0.6 is 0 Å². The average Bonchev–Trinajstić information content (AvgIpc) is 2.80. The van der Waals surface area contributed by atoms with Crippen LogP contribution in [-0.2, 0) is 16.0 Å². The molecule has 0 aliphatic carbocycles. The van der Waals surface area contributed by atoms with E-state index in [4.69, 9.17) is 14.2 Å². The molecular formula is C25H25NO5. The minimum absolute atomic E-state index is 0.209. The first-order chi connectivity index (χ1) is 15.2. The number of hydrogen-bond acceptors (Lipinski definition) is 6. The molecule has 3 aromatic carbocycles. The zero-order valence-corrected chi connectivity index (χ0v) is 17.4. The third-order valence-corrected chi connectivity index (χ3v) is 5.03. The Labute approximate surface area is 181 Å². The van der Waals surface area contributed by atoms with Crippen LogP contribution < -0.4 is 14.4 Å². The fourth-order valence-electron chi connectivity index (χ4n) is 3.54. The Hall–Kier alpha value is -3.51. The van der Waals surface area contributed by atoms with Gasteiger partial charge in [0.05, 0.1) is 24.5 Å². The van der Waals surface area contributed by atoms with Gasteiger partial charge in [0.1, 0.15) is 12.4 Å². The number of aliphatic hydroxyl groups is 1. The summed E-state index contributed by atoms with van der Waals surface area (Å²) in [4.78, 5) is 13.8. The van der Waals surface area contributed by atoms with Crippen LogP contribution in [0.2, 0.25) is 0 Å². The number of nitrogens with zero attached hydrogens (tertiary/aromatic N) is 1. The van der Waals surface area contributed by atoms with Gasteiger partial charge < -0.3 is 24.2 Å². The lowest BCUT2D eigenvalue weighted by Crippen LogP contribution is -2.26. The van der Waals surface area contributed by atoms with Crippen molar-refractivity contribution in [1.82, 2.24) is 0 Å². The van der Waals surface area contributed by atoms with Gasteiger partial charge in [-0.05, 0) is 48.9 Å². The van der Waals surface area contributed by atoms with Gasteiger partial charge in [0.2, 0.25) is 0 Å². The van der Waals surface area contributed by atoms with Crippen LogP contribution in [0.15, 0.2) is 72.8 Å². The summed E-state index contributed by atoms with van der Waals surface area (Å²) in [5.74, 6) is 1.77. The zero-order chi connectivity index (χ0) is 21.6. The van der Waals surface area contributed by atoms with E-state index >= 15 is 0 Å². The Morgan fingerprint density at radius 3 is 2.19 bits per heavy atom. The van der Waals surface area contributed by atoms with Gasteiger partial charge in [-0.25, -0.2) is 4.79 Å². The van der Waals surface area contributed by atoms with Crippen molar-refractivity contribution >= 4 is 17.3 Å². The van der Waals surface area contributed by atoms with Gasteiger partial charge in [-0.15, -0.1) is 0 Å². The van der Waals surface area contributed by atoms with E-state index in [1.807, 2.05) is 72.8 Å². The number of fused-ring (bicyclic) bond motifs is 2. The number of carbonyl (C=O) groups is 1. The van der Waals surface area contributed by atoms with Crippen molar-refractivity contribution in [1.29, 1.82) is 0 Å². The first kappa shape index (κ1) is 20.8. The van der Waals surface area contributed by atoms with Gasteiger partial charge in [0.25, 0.3) is 0 Å². The molecule has 6 heteroatoms. The van der Waals surface area contributed by atoms with E-state index in [9.17, 15) is 9.90 Å². The van der Waals surface area contributed by atoms with Crippen molar-refractivity contribution in [3.63, 3.8) is 0 Å². The van der Waals surface area contributed by atoms with Crippen LogP contribution in [-0.4, -0.2) is 36.9 Å². The predicted octanol–water partition coefficient (Wildman–Crippen LogP) is 4.48. The molecule has 0 saturated heterocycles. The highest BCUT2D eigenvalue weighted by Crippen LogP contribution is 2.45. The number of benzene rings is 3. The molecule has 0 bridgehead atoms. The van der Waals surface area contributed by atoms with Gasteiger partial charge >= 0.3 is 5.97 Å². The van der Waals surface area contributed by atoms with E-state index in [0.717, 1.165) is 34.2 Å². The van der Waals surface area contributed by atoms with E-state index in [1.165, 1.54) is 0 Å². The number of aliphatic hydroxyl groups excluding tert-OH is 1. The zero-order valence-electron chi connectivity index (χ0n) is 17.4. The Morgan fingerprint density at radius 1 is 0.968 bits per heavy atom. The van der Waals surface area contributed by atoms with E-state index < -0.39 is 12.1 Å². The van der Waals surface area contributed by atoms with Crippen molar-refractivity contribution in [2.45, 2.75) is 19.4 Å². The van der Waals surface area contributed by atoms with Crippen molar-refractivity contribution < 1.29 is 24.1 Å². The van der Waals surface area contributed by atoms with Crippen LogP contribution in [0, 0.1) is 0 Å². The molecule has 160 valence electrons. The van der Waals surface area contributed by atoms with Gasteiger partial charge in [0, 0.05) is 6.42 Å². The molecule has 0 radical (unpaired) electrons. The smallest absolute Gasteiger partial charge is 0.335 e. The molecule has 3 aromatic rings. The van der Waals surface area contributed by atoms with Crippen LogP contribution in [0.5, 0.6) is 17.2 Å². The van der Waals surface area contributed by atoms with Gasteiger partial charge in [-0.2, -0.15) is 0 Å². The minimum atomic E-state index is -1.16. The summed E-state index contributed by atoms with van der Waals surface area (Å²) in [6, 6.07) is 23.3. The lowest BCUT2D eigenvalue weighted by molar-refractivity contribution is -0.152. The highest BCUT2D eigenvalue weighted by atomic mass is 16.5. The quantitative estimate of drug-likeness (QED) is 0.543. The van der Waals surface area contributed by atoms with Crippen molar-refractivity contribution in [3.8, 4) is 17.2 Å². The SMILES string of the molecule is CCOC(=O)[C@@H](O)Cc1ccc(OCCN2c3ccccc3Oc3ccccc32)cc1. The molecule has 1 atom stereocenters. The van der Waals surface area contributed by atoms with Crippen LogP contribution in [0.25, 0.3) is 0 Å². The molecule has 1 heterocycles. The maximum absolute atomic E-state index is 11.6. The number of ether oxygens (including phenoxy) is 3. The van der Waals surface area contributed by atoms with Crippen molar-refractivity contribution in [3.05, 3.63) is 78.4 Å². The molecule has 0 saturated carbocycles. The molecule has 0 fully saturated rings. The van der Waals surface area contributed by atoms with E-state index in [0.29, 0.717) is 13.2 Å². The average molecular weight is 419 g/mol. The molecule has 0 unspecified atom stereocenters. The van der Waals surface area contributed by atoms with Gasteiger partial charge in [0.15, 0.2) is 17.6 Å². The molecule has 0 amide bonds. The van der Waals surface area contributed by atoms with Crippen molar-refractivity contribution in [2.24, 2.45) is 0 Å². The first-order valence-electron chi connectivity index (χ1n) is 10.4. The van der Waals surface area contributed by atoms with Crippen LogP contribution in [0.4, 0.5) is 11.4 Å². The standard InChI is InChI=1S/C25H25NO5/c1-2-29-25(28)22(27)17-18-11-13-19(14-12-18)30-16-15-26-20-7-3-5-9-23(20)31-24-10-6-4-8-21(24)26/h3-14,22,27H,2,15-17H2,1H3/t22-/m0/s1. The lowest BCUT2D eigenvalue weighted by atomic mass is 10.1. The molecule has 4 rings (SSSR count). The highest BCUT2D eigenvalue weighted by molar-refractivity contribution is 5.77. The second-order valence-electron chi connectivity index (χ2n) is 7.15. The summed E-state index contributed by atoms with van der Waals surface area (Å²) in [7, 11) is 0. The molecule has 0 spiro atoms. The predicted molar refractivity (Wildman–Crippen MR) is 118 cm³/mol. The topological polar surface area (TPSA) is 68.2 Å². The Kier molecular flexibility index (Phi) is 6.38. The molecule has 1 aliphatic heterocycles. The van der Waals surface area contributed by atoms with E-state index in [2.05, 4.69) is 4.90 Å². The number of carbonyl (C=O) groups excluding carboxylic acids is 1. The Morgan fingerprint density at radius 2 is 1.58 bits per heavy atom. The summed E-state index contributed by atoms with van der Waals surface area (Å²) in [6.45, 7) is 3.10. The second-order valence-corrected chi connectivity index (χ2v) is 7.15. The third kappa shape index (κ3) is 4.81. The summed E-state index contributed by atoms with van der Waals surface area (Å²) < 4.78 is 16.8. The fraction of sp³-hybridized carbons (Fsp3) is 0.240. The molecule has 0 aromatic heterocycles. The van der Waals surface area contributed by atoms with E-state index in [-0.39, 0.29) is 13.0 Å². The molecule has 1 aliphatic rings. The van der Waals surface area contributed by atoms with Crippen molar-refractivity contribution in [2.75, 3.05) is 24.7 Å². The van der Waals surface area contributed by atoms with E-state index in [1.54, 1.807) is 6.92 Å². The fourth-order valence-corrected chi connectivity index (χ4v) is 3.54. The Balaban J connectivity index is 1.37. The summed E-state index contributed by atoms with van der Waals surface area (Å²) in [5, 5.41) is 9.90. The molecular weight excluding hydrogens is 394 g/mol. The maximum Gasteiger partial charge on any atom is 0.335 e. The molecule has 6 nitrogen and oxygen atoms in total. The summed E-state index contributed by atoms with van der Waals surface area (Å²) >= 11 is 0. The third-order valence-electron chi connectivity index (χ3n) is 5.03. The maximum atomic E-state index is 11.6. The number of esters is 1. The first-order valence-corrected chi connectivity index (χ1v) is 10.4. The number of para-hydroxylation sites is 4. The normalized spacial score (nSPS) is 12.9. The number of anilines is 2. The lowest BCUT2D eigenvalue weighted by Gasteiger charge is -2.32. The second kappa shape index (κ2) is 9.53. The number of rotatable bonds is 8. The highest BCUT2D eigenvalue weighted by Gasteiger charge is 2.23. The van der Waals surface area contributed by atoms with Gasteiger partial charge in [-0.3, -0.25) is 0 Å². The Bertz CT molecular complexity index is 989. The van der Waals surface area contributed by atoms with Crippen LogP contribution in [0.3, 0.4) is 0 Å². The number of hydrogen-bond donors (Lipinski definition) is 1. The van der Waals surface area contributed by atoms with Gasteiger partial charge in [-0.1, -0.05) is 36.4 Å². The molecule has 1 N–H and O–H groups in total. The largest absolute Gasteiger partial charge is 0.492 e. The summed E-state index contributed by atoms with van der Waals surface area (Å²) in [5.41, 5.74) is 2.85. The molecule has 31 heavy (non-hydrogen) atoms. The monoisotopic (exact) mass is 419 g/mol. The minimum Gasteiger partial charge on any atom is -0.492 e.